The van der Waals surface area contributed by atoms with E-state index in [0.29, 0.717) is 31.8 Å². The molecule has 170 valence electrons. The lowest BCUT2D eigenvalue weighted by molar-refractivity contribution is 0.0143. The molecule has 1 saturated heterocycles. The summed E-state index contributed by atoms with van der Waals surface area (Å²) in [6.07, 6.45) is 1.44. The molecular weight excluding hydrogens is 474 g/mol. The number of hydrogen-bond acceptors (Lipinski definition) is 5. The molecule has 0 saturated carbocycles. The van der Waals surface area contributed by atoms with Crippen molar-refractivity contribution in [3.8, 4) is 5.69 Å². The molecule has 3 heterocycles. The van der Waals surface area contributed by atoms with Gasteiger partial charge in [0.05, 0.1) is 11.2 Å². The average molecular weight is 502 g/mol. The lowest BCUT2D eigenvalue weighted by Gasteiger charge is -2.35. The van der Waals surface area contributed by atoms with Gasteiger partial charge in [-0.25, -0.2) is 19.1 Å². The number of piperazine rings is 1. The maximum atomic E-state index is 13.3. The first-order valence-corrected chi connectivity index (χ1v) is 11.5. The van der Waals surface area contributed by atoms with Crippen LogP contribution >= 0.6 is 15.9 Å². The highest BCUT2D eigenvalue weighted by Gasteiger charge is 2.26. The predicted molar refractivity (Wildman–Crippen MR) is 127 cm³/mol. The van der Waals surface area contributed by atoms with Crippen molar-refractivity contribution in [2.45, 2.75) is 32.9 Å². The summed E-state index contributed by atoms with van der Waals surface area (Å²) in [7, 11) is 0. The summed E-state index contributed by atoms with van der Waals surface area (Å²) in [5, 5.41) is 0. The molecule has 0 N–H and O–H groups in total. The van der Waals surface area contributed by atoms with Crippen LogP contribution in [0.5, 0.6) is 0 Å². The van der Waals surface area contributed by atoms with Crippen molar-refractivity contribution in [1.29, 1.82) is 0 Å². The summed E-state index contributed by atoms with van der Waals surface area (Å²) in [5.74, 6) is 0. The number of aromatic nitrogens is 3. The second-order valence-electron chi connectivity index (χ2n) is 8.91. The van der Waals surface area contributed by atoms with Gasteiger partial charge in [0.15, 0.2) is 5.65 Å². The van der Waals surface area contributed by atoms with Gasteiger partial charge in [0, 0.05) is 49.9 Å². The van der Waals surface area contributed by atoms with E-state index in [2.05, 4.69) is 25.8 Å². The Labute approximate surface area is 195 Å². The first-order valence-electron chi connectivity index (χ1n) is 10.8. The molecule has 0 aliphatic carbocycles. The molecule has 9 heteroatoms. The van der Waals surface area contributed by atoms with Gasteiger partial charge in [-0.3, -0.25) is 9.47 Å². The third-order valence-electron chi connectivity index (χ3n) is 5.42. The van der Waals surface area contributed by atoms with E-state index in [1.165, 1.54) is 0 Å². The predicted octanol–water partition coefficient (Wildman–Crippen LogP) is 3.50. The minimum absolute atomic E-state index is 0.107. The second kappa shape index (κ2) is 9.07. The van der Waals surface area contributed by atoms with Crippen LogP contribution in [-0.4, -0.2) is 68.3 Å². The van der Waals surface area contributed by atoms with Gasteiger partial charge in [0.1, 0.15) is 5.60 Å². The zero-order chi connectivity index (χ0) is 22.9. The van der Waals surface area contributed by atoms with Gasteiger partial charge in [-0.1, -0.05) is 18.2 Å². The van der Waals surface area contributed by atoms with Crippen LogP contribution in [0.4, 0.5) is 4.79 Å². The number of pyridine rings is 1. The number of halogens is 1. The van der Waals surface area contributed by atoms with Crippen LogP contribution in [0.15, 0.2) is 51.9 Å². The molecule has 0 bridgehead atoms. The SMILES string of the molecule is CC(C)(C)OC(=O)N1CCN(CCn2c(=O)n(-c3ccccc3)c3ncc(Br)cc32)CC1. The molecule has 1 fully saturated rings. The Morgan fingerprint density at radius 2 is 1.78 bits per heavy atom. The number of hydrogen-bond donors (Lipinski definition) is 0. The third kappa shape index (κ3) is 4.88. The molecule has 8 nitrogen and oxygen atoms in total. The first-order chi connectivity index (χ1) is 15.2. The van der Waals surface area contributed by atoms with Gasteiger partial charge in [-0.05, 0) is 54.9 Å². The molecule has 1 aliphatic heterocycles. The molecule has 0 spiro atoms. The maximum absolute atomic E-state index is 13.3. The Bertz CT molecular complexity index is 1160. The number of carbonyl (C=O) groups excluding carboxylic acids is 1. The number of ether oxygens (including phenoxy) is 1. The minimum atomic E-state index is -0.495. The summed E-state index contributed by atoms with van der Waals surface area (Å²) >= 11 is 3.48. The largest absolute Gasteiger partial charge is 0.444 e. The molecule has 0 radical (unpaired) electrons. The maximum Gasteiger partial charge on any atom is 0.410 e. The standard InChI is InChI=1S/C23H28BrN5O3/c1-23(2,3)32-22(31)27-12-9-26(10-13-27)11-14-28-19-15-17(24)16-25-20(19)29(21(28)30)18-7-5-4-6-8-18/h4-8,15-16H,9-14H2,1-3H3. The number of benzene rings is 1. The van der Waals surface area contributed by atoms with Crippen molar-refractivity contribution < 1.29 is 9.53 Å². The Morgan fingerprint density at radius 3 is 2.44 bits per heavy atom. The average Bonchev–Trinajstić information content (AvgIpc) is 3.02. The lowest BCUT2D eigenvalue weighted by atomic mass is 10.2. The molecule has 0 atom stereocenters. The van der Waals surface area contributed by atoms with E-state index >= 15 is 0 Å². The van der Waals surface area contributed by atoms with Crippen LogP contribution in [0.1, 0.15) is 20.8 Å². The molecule has 2 aromatic heterocycles. The smallest absolute Gasteiger partial charge is 0.410 e. The Morgan fingerprint density at radius 1 is 1.09 bits per heavy atom. The molecule has 1 aliphatic rings. The second-order valence-corrected chi connectivity index (χ2v) is 9.83. The third-order valence-corrected chi connectivity index (χ3v) is 5.85. The number of amides is 1. The molecule has 1 aromatic carbocycles. The van der Waals surface area contributed by atoms with E-state index in [1.807, 2.05) is 57.2 Å². The monoisotopic (exact) mass is 501 g/mol. The normalized spacial score (nSPS) is 15.3. The van der Waals surface area contributed by atoms with Crippen LogP contribution in [0, 0.1) is 0 Å². The zero-order valence-electron chi connectivity index (χ0n) is 18.6. The summed E-state index contributed by atoms with van der Waals surface area (Å²) in [4.78, 5) is 34.1. The summed E-state index contributed by atoms with van der Waals surface area (Å²) in [5.41, 5.74) is 1.62. The van der Waals surface area contributed by atoms with Crippen molar-refractivity contribution in [1.82, 2.24) is 23.9 Å². The van der Waals surface area contributed by atoms with Crippen molar-refractivity contribution in [2.75, 3.05) is 32.7 Å². The van der Waals surface area contributed by atoms with Gasteiger partial charge < -0.3 is 9.64 Å². The highest BCUT2D eigenvalue weighted by Crippen LogP contribution is 2.20. The van der Waals surface area contributed by atoms with Crippen LogP contribution in [0.2, 0.25) is 0 Å². The molecule has 4 rings (SSSR count). The highest BCUT2D eigenvalue weighted by atomic mass is 79.9. The van der Waals surface area contributed by atoms with Crippen molar-refractivity contribution in [3.05, 3.63) is 57.6 Å². The highest BCUT2D eigenvalue weighted by molar-refractivity contribution is 9.10. The van der Waals surface area contributed by atoms with Crippen LogP contribution in [0.3, 0.4) is 0 Å². The number of imidazole rings is 1. The van der Waals surface area contributed by atoms with Gasteiger partial charge in [-0.2, -0.15) is 0 Å². The number of para-hydroxylation sites is 1. The van der Waals surface area contributed by atoms with E-state index in [0.717, 1.165) is 28.8 Å². The number of rotatable bonds is 4. The van der Waals surface area contributed by atoms with Crippen molar-refractivity contribution >= 4 is 33.2 Å². The van der Waals surface area contributed by atoms with E-state index in [9.17, 15) is 9.59 Å². The summed E-state index contributed by atoms with van der Waals surface area (Å²) < 4.78 is 9.73. The molecule has 32 heavy (non-hydrogen) atoms. The van der Waals surface area contributed by atoms with Gasteiger partial charge >= 0.3 is 11.8 Å². The fraction of sp³-hybridized carbons (Fsp3) is 0.435. The Hall–Kier alpha value is -2.65. The molecule has 3 aromatic rings. The van der Waals surface area contributed by atoms with Crippen LogP contribution < -0.4 is 5.69 Å². The summed E-state index contributed by atoms with van der Waals surface area (Å²) in [6.45, 7) is 9.59. The lowest BCUT2D eigenvalue weighted by Crippen LogP contribution is -2.50. The first kappa shape index (κ1) is 22.5. The Kier molecular flexibility index (Phi) is 6.39. The fourth-order valence-corrected chi connectivity index (χ4v) is 4.17. The zero-order valence-corrected chi connectivity index (χ0v) is 20.2. The van der Waals surface area contributed by atoms with Crippen LogP contribution in [0.25, 0.3) is 16.9 Å². The van der Waals surface area contributed by atoms with Gasteiger partial charge in [-0.15, -0.1) is 0 Å². The van der Waals surface area contributed by atoms with E-state index < -0.39 is 5.60 Å². The van der Waals surface area contributed by atoms with E-state index in [-0.39, 0.29) is 11.8 Å². The molecule has 1 amide bonds. The number of nitrogens with zero attached hydrogens (tertiary/aromatic N) is 5. The van der Waals surface area contributed by atoms with Gasteiger partial charge in [0.25, 0.3) is 0 Å². The Balaban J connectivity index is 1.49. The minimum Gasteiger partial charge on any atom is -0.444 e. The number of carbonyl (C=O) groups is 1. The van der Waals surface area contributed by atoms with Crippen molar-refractivity contribution in [2.24, 2.45) is 0 Å². The van der Waals surface area contributed by atoms with Crippen LogP contribution in [-0.2, 0) is 11.3 Å². The summed E-state index contributed by atoms with van der Waals surface area (Å²) in [6, 6.07) is 11.5. The van der Waals surface area contributed by atoms with E-state index in [4.69, 9.17) is 4.74 Å². The number of fused-ring (bicyclic) bond motifs is 1. The van der Waals surface area contributed by atoms with Crippen molar-refractivity contribution in [3.63, 3.8) is 0 Å². The fourth-order valence-electron chi connectivity index (χ4n) is 3.85. The van der Waals surface area contributed by atoms with Gasteiger partial charge in [0.2, 0.25) is 0 Å². The molecule has 0 unspecified atom stereocenters. The van der Waals surface area contributed by atoms with E-state index in [1.54, 1.807) is 20.2 Å². The topological polar surface area (TPSA) is 72.6 Å². The quantitative estimate of drug-likeness (QED) is 0.546. The molecular formula is C23H28BrN5O3.